The maximum atomic E-state index is 11.5. The summed E-state index contributed by atoms with van der Waals surface area (Å²) >= 11 is 0. The van der Waals surface area contributed by atoms with Gasteiger partial charge in [0.25, 0.3) is 0 Å². The van der Waals surface area contributed by atoms with Crippen molar-refractivity contribution in [3.63, 3.8) is 0 Å². The van der Waals surface area contributed by atoms with Crippen molar-refractivity contribution < 1.29 is 8.42 Å². The molecule has 1 aliphatic heterocycles. The van der Waals surface area contributed by atoms with E-state index >= 15 is 0 Å². The number of sulfone groups is 1. The first-order valence-electron chi connectivity index (χ1n) is 7.12. The molecule has 1 aromatic heterocycles. The molecule has 0 radical (unpaired) electrons. The molecule has 1 aliphatic rings. The van der Waals surface area contributed by atoms with Crippen LogP contribution in [-0.4, -0.2) is 35.5 Å². The van der Waals surface area contributed by atoms with E-state index in [4.69, 9.17) is 0 Å². The van der Waals surface area contributed by atoms with Crippen LogP contribution in [0.3, 0.4) is 0 Å². The van der Waals surface area contributed by atoms with E-state index in [1.54, 1.807) is 0 Å². The van der Waals surface area contributed by atoms with Gasteiger partial charge in [0, 0.05) is 17.9 Å². The zero-order chi connectivity index (χ0) is 14.9. The van der Waals surface area contributed by atoms with Gasteiger partial charge in [-0.2, -0.15) is 0 Å². The van der Waals surface area contributed by atoms with Crippen LogP contribution < -0.4 is 5.32 Å². The summed E-state index contributed by atoms with van der Waals surface area (Å²) in [5, 5.41) is 3.39. The smallest absolute Gasteiger partial charge is 0.207 e. The van der Waals surface area contributed by atoms with Crippen LogP contribution in [0.15, 0.2) is 36.5 Å². The van der Waals surface area contributed by atoms with E-state index in [9.17, 15) is 8.42 Å². The highest BCUT2D eigenvalue weighted by atomic mass is 32.2. The zero-order valence-electron chi connectivity index (χ0n) is 12.0. The third kappa shape index (κ3) is 3.26. The van der Waals surface area contributed by atoms with Crippen LogP contribution in [0, 0.1) is 6.92 Å². The number of para-hydroxylation sites is 1. The number of nitrogens with zero attached hydrogens (tertiary/aromatic N) is 2. The molecule has 2 heterocycles. The van der Waals surface area contributed by atoms with Crippen LogP contribution in [0.2, 0.25) is 0 Å². The second-order valence-corrected chi connectivity index (χ2v) is 7.79. The molecule has 1 N–H and O–H groups in total. The van der Waals surface area contributed by atoms with Gasteiger partial charge in [-0.1, -0.05) is 18.2 Å². The molecule has 5 nitrogen and oxygen atoms in total. The highest BCUT2D eigenvalue weighted by Crippen LogP contribution is 2.21. The molecule has 2 aromatic rings. The number of hydrogen-bond acceptors (Lipinski definition) is 4. The number of rotatable bonds is 3. The van der Waals surface area contributed by atoms with E-state index in [-0.39, 0.29) is 17.5 Å². The maximum absolute atomic E-state index is 11.5. The van der Waals surface area contributed by atoms with Crippen LogP contribution >= 0.6 is 0 Å². The van der Waals surface area contributed by atoms with Gasteiger partial charge in [-0.3, -0.25) is 4.57 Å². The van der Waals surface area contributed by atoms with Crippen molar-refractivity contribution in [3.8, 4) is 5.69 Å². The molecule has 112 valence electrons. The van der Waals surface area contributed by atoms with Crippen LogP contribution in [-0.2, 0) is 9.84 Å². The third-order valence-corrected chi connectivity index (χ3v) is 5.46. The lowest BCUT2D eigenvalue weighted by molar-refractivity contribution is 0.558. The van der Waals surface area contributed by atoms with E-state index in [1.165, 1.54) is 0 Å². The Morgan fingerprint density at radius 1 is 1.19 bits per heavy atom. The summed E-state index contributed by atoms with van der Waals surface area (Å²) in [4.78, 5) is 4.52. The van der Waals surface area contributed by atoms with E-state index in [2.05, 4.69) is 10.3 Å². The molecular formula is C15H19N3O2S. The number of nitrogens with one attached hydrogen (secondary N) is 1. The standard InChI is InChI=1S/C15H19N3O2S/c1-12-11-18(14-5-3-2-4-6-14)15(16-12)17-13-7-9-21(19,20)10-8-13/h2-6,11,13H,7-10H2,1H3,(H,16,17). The minimum Gasteiger partial charge on any atom is -0.353 e. The van der Waals surface area contributed by atoms with E-state index in [0.29, 0.717) is 12.8 Å². The van der Waals surface area contributed by atoms with E-state index in [1.807, 2.05) is 48.0 Å². The summed E-state index contributed by atoms with van der Waals surface area (Å²) in [7, 11) is -2.83. The summed E-state index contributed by atoms with van der Waals surface area (Å²) in [6.45, 7) is 1.95. The Morgan fingerprint density at radius 2 is 1.86 bits per heavy atom. The summed E-state index contributed by atoms with van der Waals surface area (Å²) in [6, 6.07) is 10.2. The van der Waals surface area contributed by atoms with E-state index < -0.39 is 9.84 Å². The minimum atomic E-state index is -2.83. The Morgan fingerprint density at radius 3 is 2.52 bits per heavy atom. The van der Waals surface area contributed by atoms with Crippen molar-refractivity contribution in [1.29, 1.82) is 0 Å². The van der Waals surface area contributed by atoms with Crippen molar-refractivity contribution in [1.82, 2.24) is 9.55 Å². The summed E-state index contributed by atoms with van der Waals surface area (Å²) in [5.41, 5.74) is 1.98. The Hall–Kier alpha value is -1.82. The molecule has 0 saturated carbocycles. The van der Waals surface area contributed by atoms with Crippen molar-refractivity contribution in [2.45, 2.75) is 25.8 Å². The lowest BCUT2D eigenvalue weighted by Crippen LogP contribution is -2.32. The van der Waals surface area contributed by atoms with Crippen LogP contribution in [0.25, 0.3) is 5.69 Å². The molecule has 0 amide bonds. The highest BCUT2D eigenvalue weighted by Gasteiger charge is 2.24. The minimum absolute atomic E-state index is 0.165. The van der Waals surface area contributed by atoms with Gasteiger partial charge in [0.2, 0.25) is 5.95 Å². The SMILES string of the molecule is Cc1cn(-c2ccccc2)c(NC2CCS(=O)(=O)CC2)n1. The van der Waals surface area contributed by atoms with Gasteiger partial charge < -0.3 is 5.32 Å². The van der Waals surface area contributed by atoms with Crippen LogP contribution in [0.1, 0.15) is 18.5 Å². The fraction of sp³-hybridized carbons (Fsp3) is 0.400. The van der Waals surface area contributed by atoms with Gasteiger partial charge in [0.1, 0.15) is 9.84 Å². The molecule has 21 heavy (non-hydrogen) atoms. The molecule has 6 heteroatoms. The number of benzene rings is 1. The number of aromatic nitrogens is 2. The molecule has 0 aliphatic carbocycles. The van der Waals surface area contributed by atoms with Gasteiger partial charge in [0.05, 0.1) is 17.2 Å². The zero-order valence-corrected chi connectivity index (χ0v) is 12.8. The van der Waals surface area contributed by atoms with Crippen molar-refractivity contribution >= 4 is 15.8 Å². The van der Waals surface area contributed by atoms with Gasteiger partial charge in [-0.25, -0.2) is 13.4 Å². The van der Waals surface area contributed by atoms with Crippen molar-refractivity contribution in [2.24, 2.45) is 0 Å². The van der Waals surface area contributed by atoms with Gasteiger partial charge in [-0.05, 0) is 31.9 Å². The fourth-order valence-electron chi connectivity index (χ4n) is 2.60. The molecule has 3 rings (SSSR count). The predicted molar refractivity (Wildman–Crippen MR) is 83.6 cm³/mol. The van der Waals surface area contributed by atoms with Gasteiger partial charge >= 0.3 is 0 Å². The number of hydrogen-bond donors (Lipinski definition) is 1. The molecule has 1 fully saturated rings. The van der Waals surface area contributed by atoms with Crippen molar-refractivity contribution in [2.75, 3.05) is 16.8 Å². The summed E-state index contributed by atoms with van der Waals surface area (Å²) < 4.78 is 25.0. The Kier molecular flexibility index (Phi) is 3.71. The molecular weight excluding hydrogens is 286 g/mol. The lowest BCUT2D eigenvalue weighted by atomic mass is 10.2. The Bertz CT molecular complexity index is 709. The number of aryl methyl sites for hydroxylation is 1. The Labute approximate surface area is 124 Å². The first-order chi connectivity index (χ1) is 10.0. The van der Waals surface area contributed by atoms with Crippen LogP contribution in [0.5, 0.6) is 0 Å². The first kappa shape index (κ1) is 14.1. The molecule has 0 bridgehead atoms. The largest absolute Gasteiger partial charge is 0.353 e. The molecule has 1 aromatic carbocycles. The molecule has 0 unspecified atom stereocenters. The molecule has 0 spiro atoms. The maximum Gasteiger partial charge on any atom is 0.207 e. The fourth-order valence-corrected chi connectivity index (χ4v) is 4.09. The van der Waals surface area contributed by atoms with Crippen LogP contribution in [0.4, 0.5) is 5.95 Å². The highest BCUT2D eigenvalue weighted by molar-refractivity contribution is 7.91. The second kappa shape index (κ2) is 5.52. The molecule has 1 saturated heterocycles. The monoisotopic (exact) mass is 305 g/mol. The van der Waals surface area contributed by atoms with E-state index in [0.717, 1.165) is 17.3 Å². The molecule has 0 atom stereocenters. The second-order valence-electron chi connectivity index (χ2n) is 5.48. The lowest BCUT2D eigenvalue weighted by Gasteiger charge is -2.23. The average molecular weight is 305 g/mol. The topological polar surface area (TPSA) is 64.0 Å². The van der Waals surface area contributed by atoms with Gasteiger partial charge in [-0.15, -0.1) is 0 Å². The van der Waals surface area contributed by atoms with Gasteiger partial charge in [0.15, 0.2) is 0 Å². The summed E-state index contributed by atoms with van der Waals surface area (Å²) in [5.74, 6) is 1.30. The number of anilines is 1. The normalized spacial score (nSPS) is 18.5. The van der Waals surface area contributed by atoms with Crippen molar-refractivity contribution in [3.05, 3.63) is 42.2 Å². The first-order valence-corrected chi connectivity index (χ1v) is 8.94. The average Bonchev–Trinajstić information content (AvgIpc) is 2.83. The third-order valence-electron chi connectivity index (χ3n) is 3.75. The summed E-state index contributed by atoms with van der Waals surface area (Å²) in [6.07, 6.45) is 3.27. The quantitative estimate of drug-likeness (QED) is 0.944. The predicted octanol–water partition coefficient (Wildman–Crippen LogP) is 2.17. The number of imidazole rings is 1. The Balaban J connectivity index is 1.80.